The fourth-order valence-electron chi connectivity index (χ4n) is 2.81. The van der Waals surface area contributed by atoms with E-state index in [1.807, 2.05) is 5.38 Å². The number of piperazine rings is 1. The van der Waals surface area contributed by atoms with Gasteiger partial charge in [-0.25, -0.2) is 4.99 Å². The van der Waals surface area contributed by atoms with E-state index in [0.717, 1.165) is 6.07 Å². The molecule has 1 aromatic carbocycles. The van der Waals surface area contributed by atoms with Crippen molar-refractivity contribution < 1.29 is 18.0 Å². The lowest BCUT2D eigenvalue weighted by Crippen LogP contribution is -2.48. The number of halogens is 3. The Kier molecular flexibility index (Phi) is 5.43. The third-order valence-corrected chi connectivity index (χ3v) is 5.08. The molecule has 1 aliphatic rings. The number of hydrogen-bond acceptors (Lipinski definition) is 4. The highest BCUT2D eigenvalue weighted by molar-refractivity contribution is 7.13. The molecule has 138 valence electrons. The Morgan fingerprint density at radius 2 is 1.92 bits per heavy atom. The SMILES string of the molecule is Cc1c(/N=C(/C(=O)N2CCNCC2)c2cccs2)cccc1C(F)(F)F. The van der Waals surface area contributed by atoms with E-state index in [1.54, 1.807) is 17.0 Å². The second-order valence-corrected chi connectivity index (χ2v) is 6.88. The van der Waals surface area contributed by atoms with Crippen LogP contribution in [-0.2, 0) is 11.0 Å². The molecule has 1 fully saturated rings. The van der Waals surface area contributed by atoms with Crippen LogP contribution in [0.3, 0.4) is 0 Å². The van der Waals surface area contributed by atoms with E-state index in [9.17, 15) is 18.0 Å². The Hall–Kier alpha value is -2.19. The summed E-state index contributed by atoms with van der Waals surface area (Å²) in [4.78, 5) is 19.6. The molecule has 2 aromatic rings. The molecule has 26 heavy (non-hydrogen) atoms. The molecule has 0 unspecified atom stereocenters. The van der Waals surface area contributed by atoms with Crippen molar-refractivity contribution in [3.63, 3.8) is 0 Å². The fourth-order valence-corrected chi connectivity index (χ4v) is 3.52. The van der Waals surface area contributed by atoms with Gasteiger partial charge in [0, 0.05) is 26.2 Å². The van der Waals surface area contributed by atoms with Gasteiger partial charge in [0.25, 0.3) is 5.91 Å². The largest absolute Gasteiger partial charge is 0.416 e. The maximum Gasteiger partial charge on any atom is 0.416 e. The molecule has 0 bridgehead atoms. The molecule has 4 nitrogen and oxygen atoms in total. The molecule has 1 aliphatic heterocycles. The molecule has 2 heterocycles. The lowest BCUT2D eigenvalue weighted by atomic mass is 10.1. The quantitative estimate of drug-likeness (QED) is 0.826. The van der Waals surface area contributed by atoms with Gasteiger partial charge in [0.2, 0.25) is 0 Å². The van der Waals surface area contributed by atoms with E-state index in [2.05, 4.69) is 10.3 Å². The standard InChI is InChI=1S/C18H18F3N3OS/c1-12-13(18(19,20)21)4-2-5-14(12)23-16(15-6-3-11-26-15)17(25)24-9-7-22-8-10-24/h2-6,11,22H,7-10H2,1H3/b23-16+. The Bertz CT molecular complexity index is 810. The van der Waals surface area contributed by atoms with Gasteiger partial charge >= 0.3 is 6.18 Å². The van der Waals surface area contributed by atoms with Crippen LogP contribution in [0.15, 0.2) is 40.7 Å². The average molecular weight is 381 g/mol. The third-order valence-electron chi connectivity index (χ3n) is 4.20. The number of rotatable bonds is 3. The fraction of sp³-hybridized carbons (Fsp3) is 0.333. The minimum Gasteiger partial charge on any atom is -0.335 e. The van der Waals surface area contributed by atoms with E-state index in [1.165, 1.54) is 30.4 Å². The minimum atomic E-state index is -4.46. The van der Waals surface area contributed by atoms with Gasteiger partial charge in [0.15, 0.2) is 0 Å². The summed E-state index contributed by atoms with van der Waals surface area (Å²) in [7, 11) is 0. The topological polar surface area (TPSA) is 44.7 Å². The van der Waals surface area contributed by atoms with Gasteiger partial charge in [-0.15, -0.1) is 11.3 Å². The normalized spacial score (nSPS) is 16.0. The molecule has 1 amide bonds. The summed E-state index contributed by atoms with van der Waals surface area (Å²) in [6.07, 6.45) is -4.46. The van der Waals surface area contributed by atoms with Crippen LogP contribution < -0.4 is 5.32 Å². The van der Waals surface area contributed by atoms with Crippen LogP contribution in [-0.4, -0.2) is 42.7 Å². The van der Waals surface area contributed by atoms with Gasteiger partial charge in [-0.05, 0) is 36.1 Å². The first-order valence-corrected chi connectivity index (χ1v) is 9.05. The molecule has 0 aliphatic carbocycles. The smallest absolute Gasteiger partial charge is 0.335 e. The predicted octanol–water partition coefficient (Wildman–Crippen LogP) is 3.63. The van der Waals surface area contributed by atoms with Gasteiger partial charge in [-0.3, -0.25) is 4.79 Å². The Labute approximate surface area is 153 Å². The molecular formula is C18H18F3N3OS. The number of alkyl halides is 3. The van der Waals surface area contributed by atoms with Gasteiger partial charge in [0.05, 0.1) is 16.1 Å². The van der Waals surface area contributed by atoms with E-state index < -0.39 is 11.7 Å². The zero-order valence-electron chi connectivity index (χ0n) is 14.1. The lowest BCUT2D eigenvalue weighted by Gasteiger charge is -2.27. The maximum absolute atomic E-state index is 13.2. The number of aliphatic imine (C=N–C) groups is 1. The molecule has 0 atom stereocenters. The number of nitrogens with one attached hydrogen (secondary N) is 1. The molecule has 1 aromatic heterocycles. The van der Waals surface area contributed by atoms with Crippen LogP contribution in [0.25, 0.3) is 0 Å². The predicted molar refractivity (Wildman–Crippen MR) is 96.1 cm³/mol. The van der Waals surface area contributed by atoms with E-state index in [4.69, 9.17) is 0 Å². The summed E-state index contributed by atoms with van der Waals surface area (Å²) in [5.74, 6) is -0.259. The summed E-state index contributed by atoms with van der Waals surface area (Å²) >= 11 is 1.34. The Balaban J connectivity index is 2.04. The molecule has 3 rings (SSSR count). The summed E-state index contributed by atoms with van der Waals surface area (Å²) in [5, 5.41) is 4.98. The van der Waals surface area contributed by atoms with Crippen molar-refractivity contribution in [3.05, 3.63) is 51.7 Å². The van der Waals surface area contributed by atoms with Gasteiger partial charge in [-0.1, -0.05) is 12.1 Å². The highest BCUT2D eigenvalue weighted by atomic mass is 32.1. The van der Waals surface area contributed by atoms with Crippen molar-refractivity contribution in [2.75, 3.05) is 26.2 Å². The van der Waals surface area contributed by atoms with Crippen LogP contribution in [0, 0.1) is 6.92 Å². The van der Waals surface area contributed by atoms with Crippen LogP contribution in [0.1, 0.15) is 16.0 Å². The van der Waals surface area contributed by atoms with Gasteiger partial charge in [0.1, 0.15) is 5.71 Å². The number of thiophene rings is 1. The summed E-state index contributed by atoms with van der Waals surface area (Å²) in [6.45, 7) is 3.84. The molecular weight excluding hydrogens is 363 g/mol. The first kappa shape index (κ1) is 18.6. The zero-order valence-corrected chi connectivity index (χ0v) is 15.0. The Morgan fingerprint density at radius 3 is 2.54 bits per heavy atom. The van der Waals surface area contributed by atoms with Crippen LogP contribution in [0.5, 0.6) is 0 Å². The number of carbonyl (C=O) groups excluding carboxylic acids is 1. The number of benzene rings is 1. The highest BCUT2D eigenvalue weighted by Gasteiger charge is 2.33. The summed E-state index contributed by atoms with van der Waals surface area (Å²) in [6, 6.07) is 7.39. The molecule has 8 heteroatoms. The number of amides is 1. The van der Waals surface area contributed by atoms with Crippen molar-refractivity contribution in [1.29, 1.82) is 0 Å². The number of carbonyl (C=O) groups is 1. The second-order valence-electron chi connectivity index (χ2n) is 5.93. The highest BCUT2D eigenvalue weighted by Crippen LogP contribution is 2.35. The molecule has 0 saturated carbocycles. The average Bonchev–Trinajstić information content (AvgIpc) is 3.14. The van der Waals surface area contributed by atoms with Crippen molar-refractivity contribution in [3.8, 4) is 0 Å². The first-order chi connectivity index (χ1) is 12.4. The van der Waals surface area contributed by atoms with Gasteiger partial charge in [-0.2, -0.15) is 13.2 Å². The van der Waals surface area contributed by atoms with E-state index in [-0.39, 0.29) is 22.9 Å². The number of hydrogen-bond donors (Lipinski definition) is 1. The monoisotopic (exact) mass is 381 g/mol. The molecule has 0 radical (unpaired) electrons. The van der Waals surface area contributed by atoms with Crippen LogP contribution in [0.2, 0.25) is 0 Å². The van der Waals surface area contributed by atoms with Crippen molar-refractivity contribution in [2.45, 2.75) is 13.1 Å². The van der Waals surface area contributed by atoms with Crippen molar-refractivity contribution >= 4 is 28.6 Å². The second kappa shape index (κ2) is 7.59. The molecule has 0 spiro atoms. The molecule has 1 saturated heterocycles. The maximum atomic E-state index is 13.2. The minimum absolute atomic E-state index is 0.0159. The molecule has 1 N–H and O–H groups in total. The van der Waals surface area contributed by atoms with Crippen molar-refractivity contribution in [2.24, 2.45) is 4.99 Å². The van der Waals surface area contributed by atoms with E-state index >= 15 is 0 Å². The number of nitrogens with zero attached hydrogens (tertiary/aromatic N) is 2. The van der Waals surface area contributed by atoms with Crippen molar-refractivity contribution in [1.82, 2.24) is 10.2 Å². The summed E-state index contributed by atoms with van der Waals surface area (Å²) in [5.41, 5.74) is -0.378. The Morgan fingerprint density at radius 1 is 1.19 bits per heavy atom. The van der Waals surface area contributed by atoms with E-state index in [0.29, 0.717) is 31.1 Å². The third kappa shape index (κ3) is 3.96. The first-order valence-electron chi connectivity index (χ1n) is 8.17. The van der Waals surface area contributed by atoms with Gasteiger partial charge < -0.3 is 10.2 Å². The zero-order chi connectivity index (χ0) is 18.7. The van der Waals surface area contributed by atoms with Crippen LogP contribution in [0.4, 0.5) is 18.9 Å². The summed E-state index contributed by atoms with van der Waals surface area (Å²) < 4.78 is 39.5. The lowest BCUT2D eigenvalue weighted by molar-refractivity contribution is -0.138. The van der Waals surface area contributed by atoms with Crippen LogP contribution >= 0.6 is 11.3 Å².